The Bertz CT molecular complexity index is 812. The lowest BCUT2D eigenvalue weighted by Gasteiger charge is -2.36. The van der Waals surface area contributed by atoms with Crippen LogP contribution in [0.1, 0.15) is 97.8 Å². The Morgan fingerprint density at radius 3 is 2.42 bits per heavy atom. The Labute approximate surface area is 247 Å². The van der Waals surface area contributed by atoms with Crippen LogP contribution in [0.2, 0.25) is 0 Å². The first kappa shape index (κ1) is 33.3. The molecule has 0 bridgehead atoms. The molecule has 3 rings (SSSR count). The molecule has 228 valence electrons. The third kappa shape index (κ3) is 10.9. The van der Waals surface area contributed by atoms with Gasteiger partial charge in [0.2, 0.25) is 0 Å². The van der Waals surface area contributed by atoms with Crippen LogP contribution in [0.15, 0.2) is 36.5 Å². The van der Waals surface area contributed by atoms with Crippen molar-refractivity contribution in [2.45, 2.75) is 128 Å². The van der Waals surface area contributed by atoms with Crippen molar-refractivity contribution in [3.63, 3.8) is 0 Å². The largest absolute Gasteiger partial charge is 0.466 e. The zero-order valence-electron chi connectivity index (χ0n) is 25.2. The number of ether oxygens (including phenoxy) is 5. The molecule has 2 saturated heterocycles. The Balaban J connectivity index is 1.76. The van der Waals surface area contributed by atoms with Crippen LogP contribution in [0.5, 0.6) is 0 Å². The summed E-state index contributed by atoms with van der Waals surface area (Å²) in [5.74, 6) is 0.0544. The van der Waals surface area contributed by atoms with E-state index in [1.807, 2.05) is 6.08 Å². The number of allylic oxidation sites excluding steroid dienone is 3. The zero-order valence-corrected chi connectivity index (χ0v) is 26.0. The summed E-state index contributed by atoms with van der Waals surface area (Å²) < 4.78 is 29.8. The van der Waals surface area contributed by atoms with E-state index in [-0.39, 0.29) is 53.4 Å². The standard InChI is InChI=1S/C33H53ClO6/c1-5-6-21-33(2,3)29(40-32-18-12-14-23-38-32)20-19-26-25(15-9-7-8-10-16-30(35)36-4)27(34)24-28(26)39-31-17-11-13-22-37-31/h7,9-10,16,19-20,25-29,31-32H,5-6,8,11-15,17-18,21-24H2,1-4H3/b9-7-,16-10+,20-19+/t25-,26-,27-,28-,29-,31?,32?/m1/s1. The van der Waals surface area contributed by atoms with Gasteiger partial charge in [-0.15, -0.1) is 11.6 Å². The van der Waals surface area contributed by atoms with E-state index in [9.17, 15) is 4.79 Å². The van der Waals surface area contributed by atoms with Gasteiger partial charge in [-0.2, -0.15) is 0 Å². The summed E-state index contributed by atoms with van der Waals surface area (Å²) in [6.07, 6.45) is 23.9. The Morgan fingerprint density at radius 2 is 1.77 bits per heavy atom. The van der Waals surface area contributed by atoms with Crippen LogP contribution in [0, 0.1) is 17.3 Å². The van der Waals surface area contributed by atoms with E-state index < -0.39 is 0 Å². The van der Waals surface area contributed by atoms with Crippen molar-refractivity contribution < 1.29 is 28.5 Å². The summed E-state index contributed by atoms with van der Waals surface area (Å²) >= 11 is 7.00. The maximum Gasteiger partial charge on any atom is 0.330 e. The number of hydrogen-bond donors (Lipinski definition) is 0. The second kappa shape index (κ2) is 17.7. The van der Waals surface area contributed by atoms with Gasteiger partial charge in [0.25, 0.3) is 0 Å². The minimum absolute atomic E-state index is 0.00445. The summed E-state index contributed by atoms with van der Waals surface area (Å²) in [7, 11) is 1.39. The van der Waals surface area contributed by atoms with E-state index in [1.165, 1.54) is 19.6 Å². The van der Waals surface area contributed by atoms with Crippen LogP contribution in [0.3, 0.4) is 0 Å². The van der Waals surface area contributed by atoms with Crippen LogP contribution < -0.4 is 0 Å². The van der Waals surface area contributed by atoms with Gasteiger partial charge in [-0.25, -0.2) is 4.79 Å². The molecule has 7 heteroatoms. The highest BCUT2D eigenvalue weighted by molar-refractivity contribution is 6.21. The number of carbonyl (C=O) groups is 1. The molecular formula is C33H53ClO6. The van der Waals surface area contributed by atoms with Gasteiger partial charge in [0.15, 0.2) is 12.6 Å². The van der Waals surface area contributed by atoms with Gasteiger partial charge in [0.05, 0.1) is 19.3 Å². The third-order valence-electron chi connectivity index (χ3n) is 8.50. The van der Waals surface area contributed by atoms with Crippen LogP contribution in [0.4, 0.5) is 0 Å². The molecule has 1 saturated carbocycles. The third-order valence-corrected chi connectivity index (χ3v) is 9.00. The van der Waals surface area contributed by atoms with Gasteiger partial charge in [0.1, 0.15) is 0 Å². The van der Waals surface area contributed by atoms with Crippen molar-refractivity contribution >= 4 is 17.6 Å². The van der Waals surface area contributed by atoms with E-state index in [0.29, 0.717) is 6.42 Å². The molecule has 6 nitrogen and oxygen atoms in total. The fourth-order valence-corrected chi connectivity index (χ4v) is 6.38. The van der Waals surface area contributed by atoms with Gasteiger partial charge >= 0.3 is 5.97 Å². The topological polar surface area (TPSA) is 63.2 Å². The molecule has 2 heterocycles. The first-order valence-corrected chi connectivity index (χ1v) is 16.0. The Morgan fingerprint density at radius 1 is 1.05 bits per heavy atom. The first-order valence-electron chi connectivity index (χ1n) is 15.6. The molecule has 7 atom stereocenters. The Kier molecular flexibility index (Phi) is 14.7. The number of methoxy groups -OCH3 is 1. The van der Waals surface area contributed by atoms with Crippen molar-refractivity contribution in [1.29, 1.82) is 0 Å². The molecule has 1 aliphatic carbocycles. The number of carbonyl (C=O) groups excluding carboxylic acids is 1. The van der Waals surface area contributed by atoms with Crippen LogP contribution in [0.25, 0.3) is 0 Å². The highest BCUT2D eigenvalue weighted by Crippen LogP contribution is 2.43. The van der Waals surface area contributed by atoms with Gasteiger partial charge in [-0.3, -0.25) is 0 Å². The summed E-state index contributed by atoms with van der Waals surface area (Å²) in [4.78, 5) is 11.3. The molecule has 0 amide bonds. The molecule has 0 spiro atoms. The second-order valence-corrected chi connectivity index (χ2v) is 12.7. The second-order valence-electron chi connectivity index (χ2n) is 12.2. The van der Waals surface area contributed by atoms with Gasteiger partial charge in [-0.05, 0) is 75.5 Å². The molecule has 0 radical (unpaired) electrons. The fourth-order valence-electron chi connectivity index (χ4n) is 5.94. The lowest BCUT2D eigenvalue weighted by atomic mass is 9.80. The van der Waals surface area contributed by atoms with Gasteiger partial charge in [0, 0.05) is 30.6 Å². The first-order chi connectivity index (χ1) is 19.3. The molecule has 0 N–H and O–H groups in total. The molecule has 3 aliphatic rings. The van der Waals surface area contributed by atoms with E-state index in [1.54, 1.807) is 0 Å². The predicted octanol–water partition coefficient (Wildman–Crippen LogP) is 7.89. The summed E-state index contributed by atoms with van der Waals surface area (Å²) in [5.41, 5.74) is -0.0174. The van der Waals surface area contributed by atoms with E-state index in [4.69, 9.17) is 30.5 Å². The van der Waals surface area contributed by atoms with E-state index in [2.05, 4.69) is 49.8 Å². The van der Waals surface area contributed by atoms with Crippen molar-refractivity contribution in [3.8, 4) is 0 Å². The Hall–Kier alpha value is -1.18. The monoisotopic (exact) mass is 580 g/mol. The number of halogens is 1. The number of esters is 1. The molecule has 0 aromatic carbocycles. The van der Waals surface area contributed by atoms with Crippen LogP contribution in [-0.4, -0.2) is 56.5 Å². The highest BCUT2D eigenvalue weighted by Gasteiger charge is 2.43. The molecular weight excluding hydrogens is 528 g/mol. The number of hydrogen-bond acceptors (Lipinski definition) is 6. The lowest BCUT2D eigenvalue weighted by Crippen LogP contribution is -2.37. The average Bonchev–Trinajstić information content (AvgIpc) is 3.25. The fraction of sp³-hybridized carbons (Fsp3) is 0.788. The number of unbranched alkanes of at least 4 members (excludes halogenated alkanes) is 1. The highest BCUT2D eigenvalue weighted by atomic mass is 35.5. The molecule has 3 fully saturated rings. The van der Waals surface area contributed by atoms with Crippen molar-refractivity contribution in [3.05, 3.63) is 36.5 Å². The summed E-state index contributed by atoms with van der Waals surface area (Å²) in [6, 6.07) is 0. The maximum absolute atomic E-state index is 11.3. The minimum Gasteiger partial charge on any atom is -0.466 e. The quantitative estimate of drug-likeness (QED) is 0.0849. The maximum atomic E-state index is 11.3. The smallest absolute Gasteiger partial charge is 0.330 e. The lowest BCUT2D eigenvalue weighted by molar-refractivity contribution is -0.198. The van der Waals surface area contributed by atoms with Crippen molar-refractivity contribution in [2.24, 2.45) is 17.3 Å². The molecule has 2 aliphatic heterocycles. The van der Waals surface area contributed by atoms with Crippen LogP contribution in [-0.2, 0) is 28.5 Å². The van der Waals surface area contributed by atoms with Gasteiger partial charge < -0.3 is 23.7 Å². The number of alkyl halides is 1. The van der Waals surface area contributed by atoms with Gasteiger partial charge in [-0.1, -0.05) is 64.0 Å². The molecule has 0 aromatic heterocycles. The van der Waals surface area contributed by atoms with Crippen molar-refractivity contribution in [1.82, 2.24) is 0 Å². The van der Waals surface area contributed by atoms with E-state index in [0.717, 1.165) is 77.4 Å². The molecule has 0 aromatic rings. The zero-order chi connectivity index (χ0) is 28.8. The predicted molar refractivity (Wildman–Crippen MR) is 160 cm³/mol. The minimum atomic E-state index is -0.336. The summed E-state index contributed by atoms with van der Waals surface area (Å²) in [6.45, 7) is 8.39. The number of rotatable bonds is 15. The molecule has 40 heavy (non-hydrogen) atoms. The molecule has 2 unspecified atom stereocenters. The SMILES string of the molecule is CCCCC(C)(C)[C@@H](/C=C/[C@@H]1[C@@H](C/C=C\C/C=C/C(=O)OC)[C@H](Cl)C[C@H]1OC1CCCCO1)OC1CCCCO1. The van der Waals surface area contributed by atoms with E-state index >= 15 is 0 Å². The van der Waals surface area contributed by atoms with Crippen LogP contribution >= 0.6 is 11.6 Å². The normalized spacial score (nSPS) is 30.9. The van der Waals surface area contributed by atoms with Crippen molar-refractivity contribution in [2.75, 3.05) is 20.3 Å². The average molecular weight is 581 g/mol. The summed E-state index contributed by atoms with van der Waals surface area (Å²) in [5, 5.41) is 0.00708.